The summed E-state index contributed by atoms with van der Waals surface area (Å²) in [5.74, 6) is 0.109. The maximum atomic E-state index is 13.0. The minimum atomic E-state index is -0.137. The van der Waals surface area contributed by atoms with Crippen molar-refractivity contribution in [2.45, 2.75) is 72.6 Å². The number of aromatic nitrogens is 2. The molecule has 0 aliphatic carbocycles. The Kier molecular flexibility index (Phi) is 10.6. The summed E-state index contributed by atoms with van der Waals surface area (Å²) in [6.07, 6.45) is 6.16. The van der Waals surface area contributed by atoms with Gasteiger partial charge in [-0.3, -0.25) is 9.59 Å². The number of carbonyl (C=O) groups excluding carboxylic acids is 2. The molecule has 1 aromatic heterocycles. The molecule has 1 aromatic carbocycles. The molecule has 0 saturated carbocycles. The summed E-state index contributed by atoms with van der Waals surface area (Å²) in [5, 5.41) is 12.4. The molecule has 31 heavy (non-hydrogen) atoms. The lowest BCUT2D eigenvalue weighted by Crippen LogP contribution is -2.38. The number of amides is 2. The second-order valence-electron chi connectivity index (χ2n) is 8.00. The van der Waals surface area contributed by atoms with Gasteiger partial charge in [0.25, 0.3) is 0 Å². The number of benzene rings is 1. The van der Waals surface area contributed by atoms with Crippen LogP contribution in [-0.4, -0.2) is 40.0 Å². The van der Waals surface area contributed by atoms with Gasteiger partial charge in [-0.15, -0.1) is 10.2 Å². The van der Waals surface area contributed by atoms with Crippen molar-refractivity contribution >= 4 is 28.3 Å². The molecule has 0 unspecified atom stereocenters. The van der Waals surface area contributed by atoms with Crippen LogP contribution in [0.5, 0.6) is 0 Å². The highest BCUT2D eigenvalue weighted by atomic mass is 32.1. The molecule has 0 bridgehead atoms. The van der Waals surface area contributed by atoms with E-state index in [1.54, 1.807) is 0 Å². The molecule has 0 fully saturated rings. The van der Waals surface area contributed by atoms with Crippen molar-refractivity contribution in [2.75, 3.05) is 18.4 Å². The van der Waals surface area contributed by atoms with E-state index >= 15 is 0 Å². The molecule has 2 amide bonds. The standard InChI is InChI=1S/C24H36N4O2S/c1-5-8-10-19(7-3)23(30)28(16-9-6-2)17-15-21(29)25-24-27-26-22(31-24)20-13-11-18(4)12-14-20/h11-14,19H,5-10,15-17H2,1-4H3,(H,25,27,29)/t19-/m1/s1. The Labute approximate surface area is 190 Å². The van der Waals surface area contributed by atoms with Crippen molar-refractivity contribution < 1.29 is 9.59 Å². The monoisotopic (exact) mass is 444 g/mol. The quantitative estimate of drug-likeness (QED) is 0.431. The first kappa shape index (κ1) is 25.0. The van der Waals surface area contributed by atoms with E-state index in [-0.39, 0.29) is 24.2 Å². The Bertz CT molecular complexity index is 819. The Morgan fingerprint density at radius 3 is 2.39 bits per heavy atom. The molecule has 1 atom stereocenters. The third kappa shape index (κ3) is 8.05. The largest absolute Gasteiger partial charge is 0.342 e. The smallest absolute Gasteiger partial charge is 0.227 e. The van der Waals surface area contributed by atoms with Gasteiger partial charge in [-0.1, -0.05) is 81.2 Å². The maximum Gasteiger partial charge on any atom is 0.227 e. The van der Waals surface area contributed by atoms with Crippen LogP contribution in [0.3, 0.4) is 0 Å². The molecule has 1 N–H and O–H groups in total. The molecule has 0 aliphatic rings. The SMILES string of the molecule is CCCC[C@@H](CC)C(=O)N(CCCC)CCC(=O)Nc1nnc(-c2ccc(C)cc2)s1. The Morgan fingerprint density at radius 2 is 1.74 bits per heavy atom. The summed E-state index contributed by atoms with van der Waals surface area (Å²) in [5.41, 5.74) is 2.17. The number of hydrogen-bond donors (Lipinski definition) is 1. The zero-order valence-electron chi connectivity index (χ0n) is 19.3. The van der Waals surface area contributed by atoms with E-state index in [4.69, 9.17) is 0 Å². The highest BCUT2D eigenvalue weighted by Crippen LogP contribution is 2.26. The number of unbranched alkanes of at least 4 members (excludes halogenated alkanes) is 2. The average molecular weight is 445 g/mol. The predicted molar refractivity (Wildman–Crippen MR) is 128 cm³/mol. The topological polar surface area (TPSA) is 75.2 Å². The molecular weight excluding hydrogens is 408 g/mol. The Balaban J connectivity index is 1.93. The zero-order valence-corrected chi connectivity index (χ0v) is 20.1. The van der Waals surface area contributed by atoms with Crippen LogP contribution in [-0.2, 0) is 9.59 Å². The van der Waals surface area contributed by atoms with Crippen LogP contribution in [0.25, 0.3) is 10.6 Å². The van der Waals surface area contributed by atoms with Crippen molar-refractivity contribution in [3.63, 3.8) is 0 Å². The van der Waals surface area contributed by atoms with Gasteiger partial charge in [0.2, 0.25) is 16.9 Å². The van der Waals surface area contributed by atoms with Gasteiger partial charge >= 0.3 is 0 Å². The van der Waals surface area contributed by atoms with E-state index in [0.717, 1.165) is 49.1 Å². The fourth-order valence-corrected chi connectivity index (χ4v) is 4.16. The predicted octanol–water partition coefficient (Wildman–Crippen LogP) is 5.69. The lowest BCUT2D eigenvalue weighted by Gasteiger charge is -2.27. The number of hydrogen-bond acceptors (Lipinski definition) is 5. The fraction of sp³-hybridized carbons (Fsp3) is 0.583. The van der Waals surface area contributed by atoms with E-state index in [2.05, 4.69) is 36.3 Å². The summed E-state index contributed by atoms with van der Waals surface area (Å²) in [7, 11) is 0. The van der Waals surface area contributed by atoms with Crippen LogP contribution < -0.4 is 5.32 Å². The van der Waals surface area contributed by atoms with E-state index < -0.39 is 0 Å². The third-order valence-corrected chi connectivity index (χ3v) is 6.31. The van der Waals surface area contributed by atoms with Gasteiger partial charge < -0.3 is 10.2 Å². The molecule has 0 radical (unpaired) electrons. The number of nitrogens with one attached hydrogen (secondary N) is 1. The molecule has 0 saturated heterocycles. The van der Waals surface area contributed by atoms with Crippen molar-refractivity contribution in [1.29, 1.82) is 0 Å². The second-order valence-corrected chi connectivity index (χ2v) is 8.98. The van der Waals surface area contributed by atoms with Gasteiger partial charge in [-0.25, -0.2) is 0 Å². The van der Waals surface area contributed by atoms with Gasteiger partial charge in [-0.2, -0.15) is 0 Å². The molecule has 2 aromatic rings. The molecule has 2 rings (SSSR count). The van der Waals surface area contributed by atoms with Gasteiger partial charge in [-0.05, 0) is 26.2 Å². The zero-order chi connectivity index (χ0) is 22.6. The summed E-state index contributed by atoms with van der Waals surface area (Å²) >= 11 is 1.36. The molecule has 6 nitrogen and oxygen atoms in total. The summed E-state index contributed by atoms with van der Waals surface area (Å²) in [6.45, 7) is 9.53. The first-order valence-corrected chi connectivity index (χ1v) is 12.3. The number of rotatable bonds is 13. The number of carbonyl (C=O) groups is 2. The number of anilines is 1. The van der Waals surface area contributed by atoms with Crippen LogP contribution in [0.1, 0.15) is 71.3 Å². The van der Waals surface area contributed by atoms with Gasteiger partial charge in [0.05, 0.1) is 0 Å². The van der Waals surface area contributed by atoms with Crippen molar-refractivity contribution in [2.24, 2.45) is 5.92 Å². The summed E-state index contributed by atoms with van der Waals surface area (Å²) in [6, 6.07) is 8.06. The first-order chi connectivity index (χ1) is 15.0. The summed E-state index contributed by atoms with van der Waals surface area (Å²) in [4.78, 5) is 27.4. The molecule has 0 aliphatic heterocycles. The third-order valence-electron chi connectivity index (χ3n) is 5.42. The lowest BCUT2D eigenvalue weighted by atomic mass is 9.97. The average Bonchev–Trinajstić information content (AvgIpc) is 3.23. The van der Waals surface area contributed by atoms with Gasteiger partial charge in [0, 0.05) is 31.0 Å². The molecule has 7 heteroatoms. The van der Waals surface area contributed by atoms with Crippen molar-refractivity contribution in [3.05, 3.63) is 29.8 Å². The van der Waals surface area contributed by atoms with E-state index in [0.29, 0.717) is 18.2 Å². The molecular formula is C24H36N4O2S. The Morgan fingerprint density at radius 1 is 1.03 bits per heavy atom. The highest BCUT2D eigenvalue weighted by Gasteiger charge is 2.23. The number of aryl methyl sites for hydroxylation is 1. The minimum Gasteiger partial charge on any atom is -0.342 e. The van der Waals surface area contributed by atoms with Crippen LogP contribution >= 0.6 is 11.3 Å². The lowest BCUT2D eigenvalue weighted by molar-refractivity contribution is -0.136. The van der Waals surface area contributed by atoms with Crippen LogP contribution in [0, 0.1) is 12.8 Å². The molecule has 170 valence electrons. The minimum absolute atomic E-state index is 0.0556. The highest BCUT2D eigenvalue weighted by molar-refractivity contribution is 7.18. The Hall–Kier alpha value is -2.28. The van der Waals surface area contributed by atoms with E-state index in [9.17, 15) is 9.59 Å². The maximum absolute atomic E-state index is 13.0. The fourth-order valence-electron chi connectivity index (χ4n) is 3.40. The molecule has 1 heterocycles. The van der Waals surface area contributed by atoms with Gasteiger partial charge in [0.15, 0.2) is 0 Å². The van der Waals surface area contributed by atoms with Crippen LogP contribution in [0.4, 0.5) is 5.13 Å². The normalized spacial score (nSPS) is 11.9. The van der Waals surface area contributed by atoms with E-state index in [1.165, 1.54) is 16.9 Å². The summed E-state index contributed by atoms with van der Waals surface area (Å²) < 4.78 is 0. The van der Waals surface area contributed by atoms with Crippen molar-refractivity contribution in [1.82, 2.24) is 15.1 Å². The van der Waals surface area contributed by atoms with Crippen molar-refractivity contribution in [3.8, 4) is 10.6 Å². The van der Waals surface area contributed by atoms with Gasteiger partial charge in [0.1, 0.15) is 5.01 Å². The van der Waals surface area contributed by atoms with Crippen LogP contribution in [0.15, 0.2) is 24.3 Å². The second kappa shape index (κ2) is 13.2. The van der Waals surface area contributed by atoms with E-state index in [1.807, 2.05) is 36.1 Å². The molecule has 0 spiro atoms. The number of nitrogens with zero attached hydrogens (tertiary/aromatic N) is 3. The van der Waals surface area contributed by atoms with Crippen LogP contribution in [0.2, 0.25) is 0 Å². The first-order valence-electron chi connectivity index (χ1n) is 11.5.